The third-order valence-electron chi connectivity index (χ3n) is 4.86. The Kier molecular flexibility index (Phi) is 5.98. The molecule has 1 atom stereocenters. The maximum atomic E-state index is 12.7. The Labute approximate surface area is 188 Å². The van der Waals surface area contributed by atoms with Crippen LogP contribution in [0.1, 0.15) is 16.8 Å². The molecule has 4 rings (SSSR count). The number of para-hydroxylation sites is 1. The summed E-state index contributed by atoms with van der Waals surface area (Å²) in [7, 11) is 0. The van der Waals surface area contributed by atoms with E-state index in [-0.39, 0.29) is 18.0 Å². The molecule has 3 amide bonds. The van der Waals surface area contributed by atoms with Crippen LogP contribution in [-0.4, -0.2) is 34.5 Å². The van der Waals surface area contributed by atoms with Crippen LogP contribution >= 0.6 is 0 Å². The average Bonchev–Trinajstić information content (AvgIpc) is 3.27. The number of carbonyl (C=O) groups excluding carboxylic acids is 3. The summed E-state index contributed by atoms with van der Waals surface area (Å²) in [6.45, 7) is 0. The van der Waals surface area contributed by atoms with Crippen molar-refractivity contribution in [2.45, 2.75) is 12.5 Å². The van der Waals surface area contributed by atoms with Gasteiger partial charge < -0.3 is 21.5 Å². The monoisotopic (exact) mass is 444 g/mol. The second-order valence-corrected chi connectivity index (χ2v) is 7.18. The molecule has 0 saturated heterocycles. The van der Waals surface area contributed by atoms with Gasteiger partial charge in [-0.2, -0.15) is 5.10 Å². The van der Waals surface area contributed by atoms with E-state index in [9.17, 15) is 14.4 Å². The normalized spacial score (nSPS) is 15.0. The lowest BCUT2D eigenvalue weighted by Gasteiger charge is -2.20. The molecule has 1 unspecified atom stereocenters. The summed E-state index contributed by atoms with van der Waals surface area (Å²) in [5, 5.41) is 8.46. The third kappa shape index (κ3) is 4.96. The van der Waals surface area contributed by atoms with Crippen LogP contribution in [0.4, 0.5) is 11.4 Å². The van der Waals surface area contributed by atoms with Crippen molar-refractivity contribution in [2.24, 2.45) is 16.6 Å². The number of anilines is 2. The Hall–Kier alpha value is -4.73. The maximum absolute atomic E-state index is 12.7. The molecule has 10 heteroatoms. The number of amides is 3. The van der Waals surface area contributed by atoms with Gasteiger partial charge in [0.15, 0.2) is 0 Å². The maximum Gasteiger partial charge on any atom is 0.272 e. The highest BCUT2D eigenvalue weighted by Crippen LogP contribution is 2.25. The molecule has 0 fully saturated rings. The highest BCUT2D eigenvalue weighted by atomic mass is 16.5. The van der Waals surface area contributed by atoms with Crippen molar-refractivity contribution >= 4 is 34.8 Å². The summed E-state index contributed by atoms with van der Waals surface area (Å²) in [4.78, 5) is 40.0. The predicted molar refractivity (Wildman–Crippen MR) is 122 cm³/mol. The van der Waals surface area contributed by atoms with Gasteiger partial charge in [-0.25, -0.2) is 4.98 Å². The van der Waals surface area contributed by atoms with E-state index in [0.29, 0.717) is 22.7 Å². The zero-order valence-corrected chi connectivity index (χ0v) is 17.3. The highest BCUT2D eigenvalue weighted by molar-refractivity contribution is 6.44. The molecule has 1 aromatic heterocycles. The summed E-state index contributed by atoms with van der Waals surface area (Å²) in [6.07, 6.45) is 1.50. The molecule has 0 radical (unpaired) electrons. The number of hydrogen-bond acceptors (Lipinski definition) is 7. The minimum Gasteiger partial charge on any atom is -0.439 e. The van der Waals surface area contributed by atoms with Crippen molar-refractivity contribution in [3.63, 3.8) is 0 Å². The molecule has 2 aromatic carbocycles. The Balaban J connectivity index is 1.44. The highest BCUT2D eigenvalue weighted by Gasteiger charge is 2.34. The van der Waals surface area contributed by atoms with Crippen LogP contribution in [0, 0.1) is 0 Å². The molecule has 33 heavy (non-hydrogen) atoms. The van der Waals surface area contributed by atoms with Gasteiger partial charge in [0.05, 0.1) is 17.6 Å². The molecular formula is C23H20N6O4. The number of benzene rings is 2. The van der Waals surface area contributed by atoms with Gasteiger partial charge in [0.2, 0.25) is 17.7 Å². The van der Waals surface area contributed by atoms with E-state index in [2.05, 4.69) is 15.4 Å². The molecule has 166 valence electrons. The van der Waals surface area contributed by atoms with Crippen LogP contribution in [-0.2, 0) is 9.59 Å². The molecular weight excluding hydrogens is 424 g/mol. The first-order chi connectivity index (χ1) is 15.9. The average molecular weight is 444 g/mol. The largest absolute Gasteiger partial charge is 0.439 e. The summed E-state index contributed by atoms with van der Waals surface area (Å²) < 4.78 is 5.62. The van der Waals surface area contributed by atoms with Crippen molar-refractivity contribution < 1.29 is 19.1 Å². The minimum absolute atomic E-state index is 0.0842. The number of hydrogen-bond donors (Lipinski definition) is 3. The minimum atomic E-state index is -0.752. The first-order valence-corrected chi connectivity index (χ1v) is 9.97. The second kappa shape index (κ2) is 9.18. The van der Waals surface area contributed by atoms with Crippen LogP contribution < -0.4 is 26.5 Å². The van der Waals surface area contributed by atoms with Crippen LogP contribution in [0.25, 0.3) is 0 Å². The predicted octanol–water partition coefficient (Wildman–Crippen LogP) is 2.03. The molecule has 2 heterocycles. The van der Waals surface area contributed by atoms with Gasteiger partial charge in [0.25, 0.3) is 5.91 Å². The molecule has 1 aliphatic rings. The summed E-state index contributed by atoms with van der Waals surface area (Å²) in [5.74, 6) is -0.949. The molecule has 1 aliphatic heterocycles. The Bertz CT molecular complexity index is 1230. The van der Waals surface area contributed by atoms with Gasteiger partial charge in [0, 0.05) is 18.1 Å². The number of ether oxygens (including phenoxy) is 1. The van der Waals surface area contributed by atoms with Crippen LogP contribution in [0.5, 0.6) is 11.6 Å². The van der Waals surface area contributed by atoms with Gasteiger partial charge in [-0.05, 0) is 36.4 Å². The van der Waals surface area contributed by atoms with E-state index in [1.165, 1.54) is 17.3 Å². The molecule has 5 N–H and O–H groups in total. The Morgan fingerprint density at radius 2 is 1.79 bits per heavy atom. The van der Waals surface area contributed by atoms with Gasteiger partial charge in [-0.1, -0.05) is 24.3 Å². The SMILES string of the molecule is NC(=O)c1cccc(Oc2ccc(NC(=O)C3=NN(c4ccccc4)C(C(N)=O)C3)cn2)c1. The van der Waals surface area contributed by atoms with Gasteiger partial charge in [-0.15, -0.1) is 0 Å². The van der Waals surface area contributed by atoms with Crippen molar-refractivity contribution in [1.82, 2.24) is 4.98 Å². The van der Waals surface area contributed by atoms with E-state index in [4.69, 9.17) is 16.2 Å². The van der Waals surface area contributed by atoms with Crippen LogP contribution in [0.15, 0.2) is 78.0 Å². The second-order valence-electron chi connectivity index (χ2n) is 7.18. The smallest absolute Gasteiger partial charge is 0.272 e. The molecule has 0 spiro atoms. The fraction of sp³-hybridized carbons (Fsp3) is 0.0870. The van der Waals surface area contributed by atoms with Crippen LogP contribution in [0.3, 0.4) is 0 Å². The molecule has 0 bridgehead atoms. The standard InChI is InChI=1S/C23H20N6O4/c24-21(30)14-5-4-8-17(11-14)33-20-10-9-15(13-26-20)27-23(32)18-12-19(22(25)31)29(28-18)16-6-2-1-3-7-16/h1-11,13,19H,12H2,(H2,24,30)(H2,25,31)(H,27,32). The number of pyridine rings is 1. The van der Waals surface area contributed by atoms with E-state index in [1.54, 1.807) is 54.6 Å². The van der Waals surface area contributed by atoms with E-state index < -0.39 is 23.8 Å². The third-order valence-corrected chi connectivity index (χ3v) is 4.86. The van der Waals surface area contributed by atoms with Crippen molar-refractivity contribution in [2.75, 3.05) is 10.3 Å². The number of rotatable bonds is 7. The first-order valence-electron chi connectivity index (χ1n) is 9.97. The zero-order chi connectivity index (χ0) is 23.4. The van der Waals surface area contributed by atoms with Gasteiger partial charge in [0.1, 0.15) is 17.5 Å². The molecule has 0 saturated carbocycles. The summed E-state index contributed by atoms with van der Waals surface area (Å²) in [5.41, 5.74) is 12.3. The number of hydrazone groups is 1. The Morgan fingerprint density at radius 1 is 1.00 bits per heavy atom. The number of nitrogens with two attached hydrogens (primary N) is 2. The van der Waals surface area contributed by atoms with E-state index in [0.717, 1.165) is 0 Å². The fourth-order valence-corrected chi connectivity index (χ4v) is 3.24. The zero-order valence-electron chi connectivity index (χ0n) is 17.3. The number of nitrogens with one attached hydrogen (secondary N) is 1. The van der Waals surface area contributed by atoms with Gasteiger partial charge >= 0.3 is 0 Å². The summed E-state index contributed by atoms with van der Waals surface area (Å²) >= 11 is 0. The first kappa shape index (κ1) is 21.5. The van der Waals surface area contributed by atoms with Crippen molar-refractivity contribution in [1.29, 1.82) is 0 Å². The van der Waals surface area contributed by atoms with E-state index >= 15 is 0 Å². The lowest BCUT2D eigenvalue weighted by atomic mass is 10.1. The van der Waals surface area contributed by atoms with Crippen molar-refractivity contribution in [3.05, 3.63) is 78.5 Å². The lowest BCUT2D eigenvalue weighted by molar-refractivity contribution is -0.119. The Morgan fingerprint density at radius 3 is 2.45 bits per heavy atom. The number of aromatic nitrogens is 1. The lowest BCUT2D eigenvalue weighted by Crippen LogP contribution is -2.39. The molecule has 3 aromatic rings. The van der Waals surface area contributed by atoms with Crippen LogP contribution in [0.2, 0.25) is 0 Å². The summed E-state index contributed by atoms with van der Waals surface area (Å²) in [6, 6.07) is 17.8. The quantitative estimate of drug-likeness (QED) is 0.507. The van der Waals surface area contributed by atoms with Gasteiger partial charge in [-0.3, -0.25) is 19.4 Å². The fourth-order valence-electron chi connectivity index (χ4n) is 3.24. The molecule has 10 nitrogen and oxygen atoms in total. The topological polar surface area (TPSA) is 153 Å². The molecule has 0 aliphatic carbocycles. The van der Waals surface area contributed by atoms with Crippen molar-refractivity contribution in [3.8, 4) is 11.6 Å². The number of primary amides is 2. The number of carbonyl (C=O) groups is 3. The van der Waals surface area contributed by atoms with E-state index in [1.807, 2.05) is 6.07 Å². The number of nitrogens with zero attached hydrogens (tertiary/aromatic N) is 3.